The first-order chi connectivity index (χ1) is 11.6. The highest BCUT2D eigenvalue weighted by atomic mass is 32.1. The Labute approximate surface area is 145 Å². The Hall–Kier alpha value is -1.73. The van der Waals surface area contributed by atoms with E-state index in [9.17, 15) is 9.90 Å². The first-order valence-electron chi connectivity index (χ1n) is 8.43. The van der Waals surface area contributed by atoms with Gasteiger partial charge in [0.2, 0.25) is 11.8 Å². The van der Waals surface area contributed by atoms with Crippen LogP contribution in [0.25, 0.3) is 0 Å². The maximum Gasteiger partial charge on any atom is 0.249 e. The summed E-state index contributed by atoms with van der Waals surface area (Å²) in [6.45, 7) is 2.10. The molecular formula is C17H23N3O3S. The Kier molecular flexibility index (Phi) is 5.63. The number of nitrogens with zero attached hydrogens (tertiary/aromatic N) is 3. The number of amides is 1. The normalized spacial score (nSPS) is 20.7. The van der Waals surface area contributed by atoms with E-state index in [1.807, 2.05) is 0 Å². The van der Waals surface area contributed by atoms with Gasteiger partial charge in [0, 0.05) is 24.3 Å². The highest BCUT2D eigenvalue weighted by Crippen LogP contribution is 2.32. The Bertz CT molecular complexity index is 656. The zero-order valence-electron chi connectivity index (χ0n) is 13.9. The number of unbranched alkanes of at least 4 members (excludes halogenated alkanes) is 2. The molecule has 0 spiro atoms. The molecule has 1 aliphatic rings. The average Bonchev–Trinajstić information content (AvgIpc) is 3.27. The number of aliphatic hydroxyl groups is 1. The fourth-order valence-corrected chi connectivity index (χ4v) is 3.87. The van der Waals surface area contributed by atoms with Gasteiger partial charge in [-0.3, -0.25) is 4.79 Å². The molecule has 7 heteroatoms. The second-order valence-electron chi connectivity index (χ2n) is 6.27. The molecule has 6 nitrogen and oxygen atoms in total. The number of aromatic nitrogens is 2. The Morgan fingerprint density at radius 2 is 2.33 bits per heavy atom. The van der Waals surface area contributed by atoms with Gasteiger partial charge in [0.05, 0.1) is 6.10 Å². The standard InChI is InChI=1S/C17H23N3O3S/c1-12-18-17(23-19-12)15-10-13(21)11-20(15)16(22)8-4-2-3-6-14-7-5-9-24-14/h5,7,9,13,15,21H,2-4,6,8,10-11H2,1H3/t13-,15-/m1/s1. The number of aliphatic hydroxyl groups excluding tert-OH is 1. The van der Waals surface area contributed by atoms with Gasteiger partial charge in [-0.1, -0.05) is 17.6 Å². The third kappa shape index (κ3) is 4.21. The smallest absolute Gasteiger partial charge is 0.249 e. The van der Waals surface area contributed by atoms with Crippen LogP contribution in [0, 0.1) is 6.92 Å². The first-order valence-corrected chi connectivity index (χ1v) is 9.31. The summed E-state index contributed by atoms with van der Waals surface area (Å²) >= 11 is 1.78. The highest BCUT2D eigenvalue weighted by Gasteiger charge is 2.38. The minimum absolute atomic E-state index is 0.0588. The minimum Gasteiger partial charge on any atom is -0.391 e. The summed E-state index contributed by atoms with van der Waals surface area (Å²) in [4.78, 5) is 19.8. The number of carbonyl (C=O) groups excluding carboxylic acids is 1. The maximum atomic E-state index is 12.5. The molecule has 1 fully saturated rings. The van der Waals surface area contributed by atoms with E-state index in [4.69, 9.17) is 4.52 Å². The lowest BCUT2D eigenvalue weighted by molar-refractivity contribution is -0.133. The molecule has 2 atom stereocenters. The zero-order chi connectivity index (χ0) is 16.9. The van der Waals surface area contributed by atoms with Crippen molar-refractivity contribution in [1.82, 2.24) is 15.0 Å². The number of carbonyl (C=O) groups is 1. The Balaban J connectivity index is 1.46. The van der Waals surface area contributed by atoms with Crippen LogP contribution < -0.4 is 0 Å². The molecule has 1 amide bonds. The molecule has 2 aromatic rings. The first kappa shape index (κ1) is 17.1. The van der Waals surface area contributed by atoms with E-state index in [1.165, 1.54) is 4.88 Å². The van der Waals surface area contributed by atoms with Gasteiger partial charge in [0.25, 0.3) is 0 Å². The van der Waals surface area contributed by atoms with Crippen molar-refractivity contribution in [3.8, 4) is 0 Å². The van der Waals surface area contributed by atoms with Crippen molar-refractivity contribution in [2.24, 2.45) is 0 Å². The van der Waals surface area contributed by atoms with E-state index >= 15 is 0 Å². The van der Waals surface area contributed by atoms with Crippen LogP contribution in [0.3, 0.4) is 0 Å². The van der Waals surface area contributed by atoms with Gasteiger partial charge in [-0.05, 0) is 37.6 Å². The van der Waals surface area contributed by atoms with Crippen molar-refractivity contribution < 1.29 is 14.4 Å². The predicted octanol–water partition coefficient (Wildman–Crippen LogP) is 2.88. The van der Waals surface area contributed by atoms with Crippen LogP contribution in [-0.2, 0) is 11.2 Å². The lowest BCUT2D eigenvalue weighted by Crippen LogP contribution is -2.31. The van der Waals surface area contributed by atoms with Crippen molar-refractivity contribution in [2.75, 3.05) is 6.54 Å². The van der Waals surface area contributed by atoms with E-state index in [2.05, 4.69) is 27.7 Å². The van der Waals surface area contributed by atoms with Crippen molar-refractivity contribution in [2.45, 2.75) is 57.6 Å². The van der Waals surface area contributed by atoms with Crippen LogP contribution in [0.4, 0.5) is 0 Å². The van der Waals surface area contributed by atoms with Crippen molar-refractivity contribution >= 4 is 17.2 Å². The summed E-state index contributed by atoms with van der Waals surface area (Å²) in [5, 5.41) is 15.8. The van der Waals surface area contributed by atoms with E-state index in [-0.39, 0.29) is 11.9 Å². The van der Waals surface area contributed by atoms with Gasteiger partial charge in [-0.25, -0.2) is 0 Å². The van der Waals surface area contributed by atoms with Crippen LogP contribution >= 0.6 is 11.3 Å². The van der Waals surface area contributed by atoms with E-state index < -0.39 is 6.10 Å². The number of aryl methyl sites for hydroxylation is 2. The molecule has 1 saturated heterocycles. The number of thiophene rings is 1. The quantitative estimate of drug-likeness (QED) is 0.778. The number of β-amino-alcohol motifs (C(OH)–C–C–N with tert-alkyl or cyclic N) is 1. The molecule has 24 heavy (non-hydrogen) atoms. The lowest BCUT2D eigenvalue weighted by Gasteiger charge is -2.21. The van der Waals surface area contributed by atoms with Crippen molar-refractivity contribution in [1.29, 1.82) is 0 Å². The monoisotopic (exact) mass is 349 g/mol. The van der Waals surface area contributed by atoms with E-state index in [0.717, 1.165) is 25.7 Å². The van der Waals surface area contributed by atoms with Crippen LogP contribution in [0.2, 0.25) is 0 Å². The van der Waals surface area contributed by atoms with Gasteiger partial charge < -0.3 is 14.5 Å². The molecule has 1 N–H and O–H groups in total. The average molecular weight is 349 g/mol. The zero-order valence-corrected chi connectivity index (χ0v) is 14.7. The Morgan fingerprint density at radius 3 is 3.04 bits per heavy atom. The summed E-state index contributed by atoms with van der Waals surface area (Å²) in [6, 6.07) is 3.93. The van der Waals surface area contributed by atoms with Gasteiger partial charge in [0.15, 0.2) is 5.82 Å². The van der Waals surface area contributed by atoms with Gasteiger partial charge >= 0.3 is 0 Å². The third-order valence-corrected chi connectivity index (χ3v) is 5.26. The van der Waals surface area contributed by atoms with Crippen LogP contribution in [-0.4, -0.2) is 38.7 Å². The van der Waals surface area contributed by atoms with Gasteiger partial charge in [-0.2, -0.15) is 4.98 Å². The third-order valence-electron chi connectivity index (χ3n) is 4.32. The van der Waals surface area contributed by atoms with Crippen molar-refractivity contribution in [3.05, 3.63) is 34.1 Å². The summed E-state index contributed by atoms with van der Waals surface area (Å²) < 4.78 is 5.20. The summed E-state index contributed by atoms with van der Waals surface area (Å²) in [6.07, 6.45) is 4.52. The topological polar surface area (TPSA) is 79.5 Å². The maximum absolute atomic E-state index is 12.5. The molecular weight excluding hydrogens is 326 g/mol. The summed E-state index contributed by atoms with van der Waals surface area (Å²) in [5.74, 6) is 1.03. The fourth-order valence-electron chi connectivity index (χ4n) is 3.12. The molecule has 0 radical (unpaired) electrons. The van der Waals surface area contributed by atoms with Crippen LogP contribution in [0.15, 0.2) is 22.0 Å². The molecule has 2 aromatic heterocycles. The molecule has 0 bridgehead atoms. The molecule has 3 heterocycles. The van der Waals surface area contributed by atoms with Gasteiger partial charge in [-0.15, -0.1) is 11.3 Å². The molecule has 0 aliphatic carbocycles. The molecule has 0 unspecified atom stereocenters. The molecule has 130 valence electrons. The van der Waals surface area contributed by atoms with Crippen LogP contribution in [0.5, 0.6) is 0 Å². The summed E-state index contributed by atoms with van der Waals surface area (Å²) in [7, 11) is 0. The van der Waals surface area contributed by atoms with Crippen LogP contribution in [0.1, 0.15) is 54.7 Å². The Morgan fingerprint density at radius 1 is 1.46 bits per heavy atom. The SMILES string of the molecule is Cc1noc([C@H]2C[C@@H](O)CN2C(=O)CCCCCc2cccs2)n1. The molecule has 1 aliphatic heterocycles. The molecule has 0 aromatic carbocycles. The number of likely N-dealkylation sites (tertiary alicyclic amines) is 1. The molecule has 0 saturated carbocycles. The van der Waals surface area contributed by atoms with E-state index in [1.54, 1.807) is 23.2 Å². The van der Waals surface area contributed by atoms with E-state index in [0.29, 0.717) is 31.1 Å². The second kappa shape index (κ2) is 7.90. The minimum atomic E-state index is -0.523. The number of hydrogen-bond donors (Lipinski definition) is 1. The second-order valence-corrected chi connectivity index (χ2v) is 7.30. The lowest BCUT2D eigenvalue weighted by atomic mass is 10.1. The predicted molar refractivity (Wildman–Crippen MR) is 90.6 cm³/mol. The van der Waals surface area contributed by atoms with Crippen molar-refractivity contribution in [3.63, 3.8) is 0 Å². The largest absolute Gasteiger partial charge is 0.391 e. The summed E-state index contributed by atoms with van der Waals surface area (Å²) in [5.41, 5.74) is 0. The fraction of sp³-hybridized carbons (Fsp3) is 0.588. The highest BCUT2D eigenvalue weighted by molar-refractivity contribution is 7.09. The number of rotatable bonds is 7. The van der Waals surface area contributed by atoms with Gasteiger partial charge in [0.1, 0.15) is 6.04 Å². The molecule has 3 rings (SSSR count). The number of hydrogen-bond acceptors (Lipinski definition) is 6.